The summed E-state index contributed by atoms with van der Waals surface area (Å²) in [6.07, 6.45) is 0. The van der Waals surface area contributed by atoms with E-state index in [9.17, 15) is 20.0 Å². The number of fused-ring (bicyclic) bond motifs is 1. The Morgan fingerprint density at radius 3 is 2.52 bits per heavy atom. The molecule has 2 heterocycles. The topological polar surface area (TPSA) is 105 Å². The number of ether oxygens (including phenoxy) is 1. The summed E-state index contributed by atoms with van der Waals surface area (Å²) in [6.45, 7) is 7.25. The van der Waals surface area contributed by atoms with Crippen LogP contribution in [-0.2, 0) is 11.3 Å². The number of rotatable bonds is 5. The number of furan rings is 1. The van der Waals surface area contributed by atoms with Crippen LogP contribution < -0.4 is 5.56 Å². The van der Waals surface area contributed by atoms with E-state index in [0.29, 0.717) is 11.1 Å². The summed E-state index contributed by atoms with van der Waals surface area (Å²) in [5.74, 6) is -0.998. The van der Waals surface area contributed by atoms with Gasteiger partial charge in [-0.25, -0.2) is 0 Å². The maximum absolute atomic E-state index is 13.4. The minimum Gasteiger partial charge on any atom is -0.494 e. The lowest BCUT2D eigenvalue weighted by Crippen LogP contribution is -2.28. The number of carbonyl (C=O) groups is 1. The van der Waals surface area contributed by atoms with Gasteiger partial charge in [0.1, 0.15) is 17.2 Å². The highest BCUT2D eigenvalue weighted by atomic mass is 16.5. The monoisotopic (exact) mass is 394 g/mol. The smallest absolute Gasteiger partial charge is 0.271 e. The summed E-state index contributed by atoms with van der Waals surface area (Å²) in [5, 5.41) is 21.0. The molecule has 7 nitrogen and oxygen atoms in total. The quantitative estimate of drug-likeness (QED) is 0.666. The number of nitrogens with zero attached hydrogens (tertiary/aromatic N) is 2. The van der Waals surface area contributed by atoms with Crippen LogP contribution in [0.4, 0.5) is 0 Å². The number of pyridine rings is 1. The molecule has 3 aromatic rings. The third kappa shape index (κ3) is 3.12. The lowest BCUT2D eigenvalue weighted by Gasteiger charge is -2.14. The summed E-state index contributed by atoms with van der Waals surface area (Å²) in [4.78, 5) is 25.9. The molecular weight excluding hydrogens is 372 g/mol. The van der Waals surface area contributed by atoms with Crippen molar-refractivity contribution in [1.82, 2.24) is 4.57 Å². The lowest BCUT2D eigenvalue weighted by atomic mass is 9.98. The molecule has 0 aliphatic rings. The van der Waals surface area contributed by atoms with Gasteiger partial charge in [0.05, 0.1) is 18.7 Å². The van der Waals surface area contributed by atoms with Crippen molar-refractivity contribution in [1.29, 1.82) is 5.26 Å². The van der Waals surface area contributed by atoms with Gasteiger partial charge in [-0.2, -0.15) is 5.26 Å². The molecule has 3 rings (SSSR count). The van der Waals surface area contributed by atoms with E-state index in [2.05, 4.69) is 0 Å². The van der Waals surface area contributed by atoms with Crippen LogP contribution in [0.5, 0.6) is 5.88 Å². The van der Waals surface area contributed by atoms with Crippen LogP contribution >= 0.6 is 0 Å². The second-order valence-corrected chi connectivity index (χ2v) is 7.03. The molecule has 0 aliphatic heterocycles. The van der Waals surface area contributed by atoms with Gasteiger partial charge in [0.15, 0.2) is 5.76 Å². The molecule has 2 aromatic heterocycles. The van der Waals surface area contributed by atoms with Gasteiger partial charge in [0.2, 0.25) is 11.7 Å². The molecular formula is C22H22N2O5. The fourth-order valence-electron chi connectivity index (χ4n) is 3.46. The van der Waals surface area contributed by atoms with Gasteiger partial charge in [-0.3, -0.25) is 14.2 Å². The minimum absolute atomic E-state index is 0.00776. The molecule has 0 unspecified atom stereocenters. The van der Waals surface area contributed by atoms with E-state index in [0.717, 1.165) is 21.1 Å². The van der Waals surface area contributed by atoms with Gasteiger partial charge in [-0.05, 0) is 44.4 Å². The number of aryl methyl sites for hydroxylation is 3. The molecule has 0 spiro atoms. The highest BCUT2D eigenvalue weighted by Gasteiger charge is 2.29. The Balaban J connectivity index is 2.29. The van der Waals surface area contributed by atoms with Crippen LogP contribution in [0.25, 0.3) is 11.0 Å². The van der Waals surface area contributed by atoms with Crippen molar-refractivity contribution < 1.29 is 19.1 Å². The Labute approximate surface area is 167 Å². The first-order valence-corrected chi connectivity index (χ1v) is 9.13. The molecule has 0 saturated heterocycles. The number of ketones is 1. The Kier molecular flexibility index (Phi) is 5.31. The van der Waals surface area contributed by atoms with Crippen LogP contribution in [-0.4, -0.2) is 29.2 Å². The zero-order valence-corrected chi connectivity index (χ0v) is 17.0. The molecule has 150 valence electrons. The third-order valence-electron chi connectivity index (χ3n) is 5.38. The van der Waals surface area contributed by atoms with Crippen LogP contribution in [0.3, 0.4) is 0 Å². The van der Waals surface area contributed by atoms with Gasteiger partial charge in [-0.1, -0.05) is 12.1 Å². The average Bonchev–Trinajstić information content (AvgIpc) is 3.02. The number of benzene rings is 1. The Morgan fingerprint density at radius 2 is 1.90 bits per heavy atom. The lowest BCUT2D eigenvalue weighted by molar-refractivity contribution is 0.100. The highest BCUT2D eigenvalue weighted by molar-refractivity contribution is 6.13. The third-order valence-corrected chi connectivity index (χ3v) is 5.38. The molecule has 7 heteroatoms. The SMILES string of the molecule is COCCn1c(O)c(C(=O)c2oc3c(C)c(C)ccc3c2C)c(C)c(C#N)c1=O. The summed E-state index contributed by atoms with van der Waals surface area (Å²) in [6, 6.07) is 5.69. The molecule has 1 N–H and O–H groups in total. The molecule has 0 fully saturated rings. The number of methoxy groups -OCH3 is 1. The van der Waals surface area contributed by atoms with E-state index in [4.69, 9.17) is 9.15 Å². The number of nitriles is 1. The van der Waals surface area contributed by atoms with Gasteiger partial charge in [0, 0.05) is 18.1 Å². The zero-order chi connectivity index (χ0) is 21.5. The summed E-state index contributed by atoms with van der Waals surface area (Å²) < 4.78 is 11.9. The standard InChI is InChI=1S/C22H22N2O5/c1-11-6-7-15-14(4)20(29-19(15)12(11)2)18(25)17-13(3)16(10-23)21(26)24(22(17)27)8-9-28-5/h6-7,27H,8-9H2,1-5H3. The molecule has 0 aliphatic carbocycles. The van der Waals surface area contributed by atoms with Crippen molar-refractivity contribution in [2.75, 3.05) is 13.7 Å². The molecule has 0 bridgehead atoms. The maximum Gasteiger partial charge on any atom is 0.271 e. The first kappa shape index (κ1) is 20.4. The van der Waals surface area contributed by atoms with Crippen molar-refractivity contribution in [3.8, 4) is 11.9 Å². The fraction of sp³-hybridized carbons (Fsp3) is 0.318. The second kappa shape index (κ2) is 7.57. The molecule has 1 aromatic carbocycles. The summed E-state index contributed by atoms with van der Waals surface area (Å²) in [7, 11) is 1.45. The number of hydrogen-bond acceptors (Lipinski definition) is 6. The minimum atomic E-state index is -0.663. The fourth-order valence-corrected chi connectivity index (χ4v) is 3.46. The van der Waals surface area contributed by atoms with Crippen molar-refractivity contribution in [2.24, 2.45) is 0 Å². The average molecular weight is 394 g/mol. The Morgan fingerprint density at radius 1 is 1.21 bits per heavy atom. The Bertz CT molecular complexity index is 1240. The summed E-state index contributed by atoms with van der Waals surface area (Å²) >= 11 is 0. The van der Waals surface area contributed by atoms with E-state index < -0.39 is 17.2 Å². The van der Waals surface area contributed by atoms with E-state index in [1.165, 1.54) is 14.0 Å². The molecule has 0 atom stereocenters. The summed E-state index contributed by atoms with van der Waals surface area (Å²) in [5.41, 5.74) is 2.36. The normalized spacial score (nSPS) is 11.0. The number of aromatic nitrogens is 1. The Hall–Kier alpha value is -3.37. The second-order valence-electron chi connectivity index (χ2n) is 7.03. The van der Waals surface area contributed by atoms with Crippen LogP contribution in [0.2, 0.25) is 0 Å². The first-order chi connectivity index (χ1) is 13.7. The molecule has 0 amide bonds. The molecule has 0 radical (unpaired) electrons. The molecule has 29 heavy (non-hydrogen) atoms. The van der Waals surface area contributed by atoms with Crippen LogP contribution in [0, 0.1) is 39.0 Å². The van der Waals surface area contributed by atoms with Crippen molar-refractivity contribution in [3.05, 3.63) is 61.6 Å². The first-order valence-electron chi connectivity index (χ1n) is 9.13. The van der Waals surface area contributed by atoms with Gasteiger partial charge in [-0.15, -0.1) is 0 Å². The van der Waals surface area contributed by atoms with Crippen molar-refractivity contribution >= 4 is 16.8 Å². The van der Waals surface area contributed by atoms with Crippen LogP contribution in [0.15, 0.2) is 21.3 Å². The predicted molar refractivity (Wildman–Crippen MR) is 108 cm³/mol. The van der Waals surface area contributed by atoms with E-state index in [1.807, 2.05) is 32.0 Å². The van der Waals surface area contributed by atoms with Gasteiger partial charge in [0.25, 0.3) is 5.56 Å². The number of hydrogen-bond donors (Lipinski definition) is 1. The number of aromatic hydroxyl groups is 1. The van der Waals surface area contributed by atoms with E-state index in [1.54, 1.807) is 6.92 Å². The van der Waals surface area contributed by atoms with E-state index in [-0.39, 0.29) is 35.6 Å². The van der Waals surface area contributed by atoms with Gasteiger partial charge < -0.3 is 14.3 Å². The van der Waals surface area contributed by atoms with Crippen molar-refractivity contribution in [3.63, 3.8) is 0 Å². The zero-order valence-electron chi connectivity index (χ0n) is 17.0. The van der Waals surface area contributed by atoms with Crippen LogP contribution in [0.1, 0.15) is 43.9 Å². The maximum atomic E-state index is 13.4. The predicted octanol–water partition coefficient (Wildman–Crippen LogP) is 3.28. The van der Waals surface area contributed by atoms with E-state index >= 15 is 0 Å². The number of carbonyl (C=O) groups excluding carboxylic acids is 1. The van der Waals surface area contributed by atoms with Gasteiger partial charge >= 0.3 is 0 Å². The molecule has 0 saturated carbocycles. The largest absolute Gasteiger partial charge is 0.494 e. The van der Waals surface area contributed by atoms with Crippen molar-refractivity contribution in [2.45, 2.75) is 34.2 Å². The highest BCUT2D eigenvalue weighted by Crippen LogP contribution is 2.33.